The predicted octanol–water partition coefficient (Wildman–Crippen LogP) is 1.59. The molecule has 2 rings (SSSR count). The average Bonchev–Trinajstić information content (AvgIpc) is 2.63. The second-order valence-electron chi connectivity index (χ2n) is 6.49. The number of piperidine rings is 1. The van der Waals surface area contributed by atoms with Gasteiger partial charge in [-0.1, -0.05) is 26.3 Å². The van der Waals surface area contributed by atoms with Crippen molar-refractivity contribution in [2.75, 3.05) is 31.5 Å². The van der Waals surface area contributed by atoms with Crippen molar-refractivity contribution in [1.29, 1.82) is 0 Å². The number of rotatable bonds is 8. The zero-order valence-electron chi connectivity index (χ0n) is 15.7. The number of sulfonamides is 1. The Labute approximate surface area is 160 Å². The summed E-state index contributed by atoms with van der Waals surface area (Å²) in [7, 11) is -3.61. The van der Waals surface area contributed by atoms with Crippen LogP contribution < -0.4 is 5.32 Å². The van der Waals surface area contributed by atoms with E-state index in [1.54, 1.807) is 30.9 Å². The number of hydrogen-bond donors (Lipinski definition) is 2. The van der Waals surface area contributed by atoms with Crippen LogP contribution in [0.2, 0.25) is 0 Å². The maximum atomic E-state index is 12.6. The van der Waals surface area contributed by atoms with Crippen LogP contribution in [0.3, 0.4) is 0 Å². The van der Waals surface area contributed by atoms with E-state index in [4.69, 9.17) is 0 Å². The third-order valence-electron chi connectivity index (χ3n) is 4.71. The lowest BCUT2D eigenvalue weighted by atomic mass is 10.0. The minimum atomic E-state index is -3.61. The molecule has 0 saturated carbocycles. The number of amides is 1. The van der Waals surface area contributed by atoms with Crippen molar-refractivity contribution in [3.8, 4) is 0 Å². The van der Waals surface area contributed by atoms with Gasteiger partial charge in [0, 0.05) is 18.8 Å². The van der Waals surface area contributed by atoms with Crippen molar-refractivity contribution in [3.05, 3.63) is 24.3 Å². The molecule has 1 atom stereocenters. The molecule has 1 heterocycles. The predicted molar refractivity (Wildman–Crippen MR) is 102 cm³/mol. The number of nitrogens with one attached hydrogen (secondary N) is 1. The van der Waals surface area contributed by atoms with Crippen LogP contribution in [0.4, 0.5) is 5.69 Å². The molecule has 9 heteroatoms. The van der Waals surface area contributed by atoms with Gasteiger partial charge in [-0.2, -0.15) is 4.31 Å². The molecule has 0 spiro atoms. The number of anilines is 1. The highest BCUT2D eigenvalue weighted by Gasteiger charge is 2.29. The highest BCUT2D eigenvalue weighted by molar-refractivity contribution is 7.89. The molecule has 1 saturated heterocycles. The molecule has 1 amide bonds. The smallest absolute Gasteiger partial charge is 0.320 e. The topological polar surface area (TPSA) is 107 Å². The van der Waals surface area contributed by atoms with Gasteiger partial charge in [-0.15, -0.1) is 0 Å². The maximum absolute atomic E-state index is 12.6. The van der Waals surface area contributed by atoms with Gasteiger partial charge < -0.3 is 10.4 Å². The summed E-state index contributed by atoms with van der Waals surface area (Å²) in [6.07, 6.45) is 2.22. The molecular formula is C18H27N3O5S. The Balaban J connectivity index is 2.09. The lowest BCUT2D eigenvalue weighted by Crippen LogP contribution is -2.47. The first-order chi connectivity index (χ1) is 12.8. The Bertz CT molecular complexity index is 777. The molecule has 0 bridgehead atoms. The fourth-order valence-electron chi connectivity index (χ4n) is 3.29. The van der Waals surface area contributed by atoms with E-state index in [-0.39, 0.29) is 17.3 Å². The van der Waals surface area contributed by atoms with Crippen molar-refractivity contribution < 1.29 is 23.1 Å². The second-order valence-corrected chi connectivity index (χ2v) is 8.42. The van der Waals surface area contributed by atoms with Crippen LogP contribution >= 0.6 is 0 Å². The Morgan fingerprint density at radius 2 is 1.96 bits per heavy atom. The number of carboxylic acids is 1. The lowest BCUT2D eigenvalue weighted by molar-refractivity contribution is -0.145. The second kappa shape index (κ2) is 9.29. The van der Waals surface area contributed by atoms with Gasteiger partial charge in [0.05, 0.1) is 11.4 Å². The largest absolute Gasteiger partial charge is 0.480 e. The van der Waals surface area contributed by atoms with E-state index < -0.39 is 22.0 Å². The van der Waals surface area contributed by atoms with Crippen molar-refractivity contribution >= 4 is 27.6 Å². The summed E-state index contributed by atoms with van der Waals surface area (Å²) in [5.41, 5.74) is 0.372. The van der Waals surface area contributed by atoms with E-state index in [1.807, 2.05) is 0 Å². The molecule has 1 unspecified atom stereocenters. The fourth-order valence-corrected chi connectivity index (χ4v) is 4.80. The summed E-state index contributed by atoms with van der Waals surface area (Å²) in [4.78, 5) is 25.5. The molecule has 27 heavy (non-hydrogen) atoms. The van der Waals surface area contributed by atoms with Gasteiger partial charge >= 0.3 is 5.97 Å². The van der Waals surface area contributed by atoms with Gasteiger partial charge in [-0.25, -0.2) is 8.42 Å². The number of benzene rings is 1. The maximum Gasteiger partial charge on any atom is 0.320 e. The Hall–Kier alpha value is -1.97. The molecule has 1 aliphatic heterocycles. The number of carboxylic acid groups (broad SMARTS) is 1. The Morgan fingerprint density at radius 1 is 1.26 bits per heavy atom. The summed E-state index contributed by atoms with van der Waals surface area (Å²) in [6, 6.07) is 5.46. The molecular weight excluding hydrogens is 370 g/mol. The van der Waals surface area contributed by atoms with Crippen molar-refractivity contribution in [1.82, 2.24) is 9.21 Å². The number of likely N-dealkylation sites (tertiary alicyclic amines) is 1. The van der Waals surface area contributed by atoms with E-state index in [2.05, 4.69) is 5.32 Å². The molecule has 1 aromatic rings. The van der Waals surface area contributed by atoms with Crippen LogP contribution in [0.25, 0.3) is 0 Å². The SMILES string of the molecule is CCN(CC)S(=O)(=O)c1cccc(NC(=O)CN2CCCCC2C(=O)O)c1. The van der Waals surface area contributed by atoms with E-state index in [9.17, 15) is 23.1 Å². The standard InChI is InChI=1S/C18H27N3O5S/c1-3-21(4-2)27(25,26)15-9-7-8-14(12-15)19-17(22)13-20-11-6-5-10-16(20)18(23)24/h7-9,12,16H,3-6,10-11,13H2,1-2H3,(H,19,22)(H,23,24). The summed E-state index contributed by atoms with van der Waals surface area (Å²) in [5, 5.41) is 12.0. The Kier molecular flexibility index (Phi) is 7.34. The number of aliphatic carboxylic acids is 1. The zero-order valence-corrected chi connectivity index (χ0v) is 16.5. The quantitative estimate of drug-likeness (QED) is 0.690. The fraction of sp³-hybridized carbons (Fsp3) is 0.556. The first-order valence-electron chi connectivity index (χ1n) is 9.16. The molecule has 1 aromatic carbocycles. The van der Waals surface area contributed by atoms with Crippen LogP contribution in [0, 0.1) is 0 Å². The van der Waals surface area contributed by atoms with Crippen LogP contribution in [-0.2, 0) is 19.6 Å². The number of hydrogen-bond acceptors (Lipinski definition) is 5. The minimum Gasteiger partial charge on any atom is -0.480 e. The van der Waals surface area contributed by atoms with Crippen LogP contribution in [0.5, 0.6) is 0 Å². The first-order valence-corrected chi connectivity index (χ1v) is 10.6. The summed E-state index contributed by atoms with van der Waals surface area (Å²) in [6.45, 7) is 4.78. The summed E-state index contributed by atoms with van der Waals surface area (Å²) in [5.74, 6) is -1.28. The van der Waals surface area contributed by atoms with E-state index >= 15 is 0 Å². The van der Waals surface area contributed by atoms with Gasteiger partial charge in [-0.3, -0.25) is 14.5 Å². The molecule has 8 nitrogen and oxygen atoms in total. The highest BCUT2D eigenvalue weighted by atomic mass is 32.2. The molecule has 0 aromatic heterocycles. The molecule has 1 fully saturated rings. The molecule has 2 N–H and O–H groups in total. The summed E-state index contributed by atoms with van der Waals surface area (Å²) < 4.78 is 26.6. The van der Waals surface area contributed by atoms with Crippen LogP contribution in [0.1, 0.15) is 33.1 Å². The van der Waals surface area contributed by atoms with Crippen LogP contribution in [0.15, 0.2) is 29.2 Å². The van der Waals surface area contributed by atoms with E-state index in [0.29, 0.717) is 31.7 Å². The third-order valence-corrected chi connectivity index (χ3v) is 6.75. The van der Waals surface area contributed by atoms with Gasteiger partial charge in [0.25, 0.3) is 0 Å². The van der Waals surface area contributed by atoms with Crippen LogP contribution in [-0.4, -0.2) is 66.8 Å². The van der Waals surface area contributed by atoms with Gasteiger partial charge in [0.2, 0.25) is 15.9 Å². The highest BCUT2D eigenvalue weighted by Crippen LogP contribution is 2.20. The normalized spacial score (nSPS) is 18.4. The van der Waals surface area contributed by atoms with Crippen molar-refractivity contribution in [3.63, 3.8) is 0 Å². The van der Waals surface area contributed by atoms with E-state index in [1.165, 1.54) is 16.4 Å². The first kappa shape index (κ1) is 21.3. The number of carbonyl (C=O) groups excluding carboxylic acids is 1. The Morgan fingerprint density at radius 3 is 2.59 bits per heavy atom. The number of nitrogens with zero attached hydrogens (tertiary/aromatic N) is 2. The molecule has 150 valence electrons. The molecule has 1 aliphatic rings. The number of carbonyl (C=O) groups is 2. The van der Waals surface area contributed by atoms with Crippen molar-refractivity contribution in [2.24, 2.45) is 0 Å². The van der Waals surface area contributed by atoms with Gasteiger partial charge in [-0.05, 0) is 37.6 Å². The van der Waals surface area contributed by atoms with Gasteiger partial charge in [0.15, 0.2) is 0 Å². The zero-order chi connectivity index (χ0) is 20.0. The minimum absolute atomic E-state index is 0.0377. The van der Waals surface area contributed by atoms with Crippen molar-refractivity contribution in [2.45, 2.75) is 44.0 Å². The van der Waals surface area contributed by atoms with Gasteiger partial charge in [0.1, 0.15) is 6.04 Å². The van der Waals surface area contributed by atoms with E-state index in [0.717, 1.165) is 12.8 Å². The average molecular weight is 397 g/mol. The monoisotopic (exact) mass is 397 g/mol. The summed E-state index contributed by atoms with van der Waals surface area (Å²) >= 11 is 0. The molecule has 0 radical (unpaired) electrons. The molecule has 0 aliphatic carbocycles. The lowest BCUT2D eigenvalue weighted by Gasteiger charge is -2.32. The third kappa shape index (κ3) is 5.27.